The average Bonchev–Trinajstić information content (AvgIpc) is 2.16. The van der Waals surface area contributed by atoms with Gasteiger partial charge in [0, 0.05) is 12.2 Å². The normalized spacial score (nSPS) is 12.4. The first-order valence-electron chi connectivity index (χ1n) is 5.38. The largest absolute Gasteiger partial charge is 0.772 e. The Hall–Kier alpha value is -0.420. The van der Waals surface area contributed by atoms with Crippen molar-refractivity contribution < 1.29 is 18.3 Å². The van der Waals surface area contributed by atoms with Crippen LogP contribution in [0.4, 0.5) is 0 Å². The van der Waals surface area contributed by atoms with E-state index in [0.29, 0.717) is 13.0 Å². The molecule has 1 unspecified atom stereocenters. The van der Waals surface area contributed by atoms with Crippen LogP contribution in [0.15, 0.2) is 0 Å². The van der Waals surface area contributed by atoms with Crippen LogP contribution in [0.2, 0.25) is 0 Å². The van der Waals surface area contributed by atoms with Crippen LogP contribution >= 0.6 is 0 Å². The lowest BCUT2D eigenvalue weighted by atomic mass is 10.1. The average molecular weight is 235 g/mol. The van der Waals surface area contributed by atoms with Gasteiger partial charge in [0.25, 0.3) is 0 Å². The first-order chi connectivity index (χ1) is 7.16. The predicted molar refractivity (Wildman–Crippen MR) is 58.1 cm³/mol. The lowest BCUT2D eigenvalue weighted by molar-refractivity contribution is -0.143. The second kappa shape index (κ2) is 10.1. The number of ether oxygens (including phenoxy) is 1. The first-order valence-corrected chi connectivity index (χ1v) is 6.62. The predicted octanol–water partition coefficient (Wildman–Crippen LogP) is 1.77. The van der Waals surface area contributed by atoms with Crippen molar-refractivity contribution in [3.05, 3.63) is 0 Å². The van der Waals surface area contributed by atoms with Crippen molar-refractivity contribution in [3.8, 4) is 0 Å². The SMILES string of the molecule is CCOC(=O)CCCCCCCS(=O)[O-]. The Labute approximate surface area is 93.7 Å². The molecule has 0 amide bonds. The maximum absolute atomic E-state index is 10.9. The standard InChI is InChI=1S/C10H20O4S/c1-2-14-10(11)8-6-4-3-5-7-9-15(12)13/h2-9H2,1H3,(H,12,13)/p-1. The van der Waals surface area contributed by atoms with Gasteiger partial charge in [0.15, 0.2) is 0 Å². The highest BCUT2D eigenvalue weighted by Gasteiger charge is 2.00. The minimum absolute atomic E-state index is 0.141. The van der Waals surface area contributed by atoms with E-state index < -0.39 is 11.1 Å². The molecule has 0 saturated heterocycles. The number of rotatable bonds is 9. The van der Waals surface area contributed by atoms with Gasteiger partial charge < -0.3 is 9.29 Å². The van der Waals surface area contributed by atoms with Crippen LogP contribution in [0.5, 0.6) is 0 Å². The molecule has 0 aromatic heterocycles. The molecule has 1 atom stereocenters. The third-order valence-electron chi connectivity index (χ3n) is 2.00. The number of carbonyl (C=O) groups excluding carboxylic acids is 1. The Morgan fingerprint density at radius 3 is 2.40 bits per heavy atom. The Morgan fingerprint density at radius 1 is 1.20 bits per heavy atom. The minimum atomic E-state index is -1.91. The second-order valence-corrected chi connectivity index (χ2v) is 4.35. The molecule has 0 saturated carbocycles. The second-order valence-electron chi connectivity index (χ2n) is 3.33. The molecule has 15 heavy (non-hydrogen) atoms. The van der Waals surface area contributed by atoms with Crippen LogP contribution in [0.1, 0.15) is 45.4 Å². The smallest absolute Gasteiger partial charge is 0.305 e. The summed E-state index contributed by atoms with van der Waals surface area (Å²) >= 11 is -1.91. The molecule has 0 bridgehead atoms. The van der Waals surface area contributed by atoms with E-state index in [9.17, 15) is 13.6 Å². The van der Waals surface area contributed by atoms with Crippen molar-refractivity contribution in [2.75, 3.05) is 12.4 Å². The van der Waals surface area contributed by atoms with Crippen molar-refractivity contribution in [1.82, 2.24) is 0 Å². The Morgan fingerprint density at radius 2 is 1.80 bits per heavy atom. The third kappa shape index (κ3) is 11.5. The van der Waals surface area contributed by atoms with Crippen LogP contribution < -0.4 is 0 Å². The summed E-state index contributed by atoms with van der Waals surface area (Å²) in [6.45, 7) is 2.23. The lowest BCUT2D eigenvalue weighted by Gasteiger charge is -2.04. The van der Waals surface area contributed by atoms with Gasteiger partial charge in [-0.3, -0.25) is 9.00 Å². The van der Waals surface area contributed by atoms with Crippen molar-refractivity contribution in [2.45, 2.75) is 45.4 Å². The van der Waals surface area contributed by atoms with Gasteiger partial charge in [-0.2, -0.15) is 0 Å². The number of esters is 1. The third-order valence-corrected chi connectivity index (χ3v) is 2.62. The fourth-order valence-corrected chi connectivity index (χ4v) is 1.69. The van der Waals surface area contributed by atoms with Crippen LogP contribution in [-0.2, 0) is 20.6 Å². The molecule has 0 heterocycles. The van der Waals surface area contributed by atoms with Gasteiger partial charge in [-0.25, -0.2) is 0 Å². The van der Waals surface area contributed by atoms with Crippen LogP contribution in [-0.4, -0.2) is 27.1 Å². The molecule has 0 fully saturated rings. The molecule has 0 rings (SSSR count). The number of carbonyl (C=O) groups is 1. The fraction of sp³-hybridized carbons (Fsp3) is 0.900. The van der Waals surface area contributed by atoms with Gasteiger partial charge in [-0.05, 0) is 19.8 Å². The van der Waals surface area contributed by atoms with E-state index >= 15 is 0 Å². The topological polar surface area (TPSA) is 66.4 Å². The molecule has 90 valence electrons. The highest BCUT2D eigenvalue weighted by atomic mass is 32.2. The molecule has 0 aliphatic heterocycles. The van der Waals surface area contributed by atoms with Gasteiger partial charge in [-0.15, -0.1) is 0 Å². The number of hydrogen-bond acceptors (Lipinski definition) is 4. The fourth-order valence-electron chi connectivity index (χ4n) is 1.25. The molecule has 0 aliphatic carbocycles. The molecule has 0 N–H and O–H groups in total. The van der Waals surface area contributed by atoms with E-state index in [1.54, 1.807) is 6.92 Å². The molecular weight excluding hydrogens is 216 g/mol. The summed E-state index contributed by atoms with van der Waals surface area (Å²) in [5.74, 6) is 0.107. The van der Waals surface area contributed by atoms with Crippen molar-refractivity contribution >= 4 is 17.0 Å². The van der Waals surface area contributed by atoms with E-state index in [4.69, 9.17) is 4.74 Å². The molecule has 5 heteroatoms. The zero-order chi connectivity index (χ0) is 11.5. The summed E-state index contributed by atoms with van der Waals surface area (Å²) in [5.41, 5.74) is 0. The zero-order valence-electron chi connectivity index (χ0n) is 9.20. The van der Waals surface area contributed by atoms with Gasteiger partial charge in [0.05, 0.1) is 6.61 Å². The van der Waals surface area contributed by atoms with Gasteiger partial charge in [0.1, 0.15) is 0 Å². The monoisotopic (exact) mass is 235 g/mol. The Kier molecular flexibility index (Phi) is 9.83. The summed E-state index contributed by atoms with van der Waals surface area (Å²) in [6, 6.07) is 0. The first kappa shape index (κ1) is 14.6. The highest BCUT2D eigenvalue weighted by molar-refractivity contribution is 7.79. The number of unbranched alkanes of at least 4 members (excludes halogenated alkanes) is 4. The lowest BCUT2D eigenvalue weighted by Crippen LogP contribution is -2.03. The van der Waals surface area contributed by atoms with E-state index in [-0.39, 0.29) is 11.7 Å². The Balaban J connectivity index is 3.11. The maximum Gasteiger partial charge on any atom is 0.305 e. The molecule has 0 aromatic rings. The summed E-state index contributed by atoms with van der Waals surface area (Å²) < 4.78 is 25.2. The van der Waals surface area contributed by atoms with E-state index in [0.717, 1.165) is 32.1 Å². The zero-order valence-corrected chi connectivity index (χ0v) is 10.0. The molecule has 0 radical (unpaired) electrons. The summed E-state index contributed by atoms with van der Waals surface area (Å²) in [6.07, 6.45) is 4.88. The summed E-state index contributed by atoms with van der Waals surface area (Å²) in [7, 11) is 0. The van der Waals surface area contributed by atoms with E-state index in [1.807, 2.05) is 0 Å². The summed E-state index contributed by atoms with van der Waals surface area (Å²) in [4.78, 5) is 10.9. The summed E-state index contributed by atoms with van der Waals surface area (Å²) in [5, 5.41) is 0. The van der Waals surface area contributed by atoms with E-state index in [1.165, 1.54) is 0 Å². The van der Waals surface area contributed by atoms with Gasteiger partial charge >= 0.3 is 5.97 Å². The van der Waals surface area contributed by atoms with Crippen LogP contribution in [0.25, 0.3) is 0 Å². The molecule has 0 aliphatic rings. The quantitative estimate of drug-likeness (QED) is 0.347. The van der Waals surface area contributed by atoms with Crippen LogP contribution in [0.3, 0.4) is 0 Å². The maximum atomic E-state index is 10.9. The van der Waals surface area contributed by atoms with Crippen LogP contribution in [0, 0.1) is 0 Å². The van der Waals surface area contributed by atoms with Gasteiger partial charge in [0.2, 0.25) is 0 Å². The van der Waals surface area contributed by atoms with Crippen molar-refractivity contribution in [2.24, 2.45) is 0 Å². The molecule has 0 spiro atoms. The highest BCUT2D eigenvalue weighted by Crippen LogP contribution is 2.06. The Bertz CT molecular complexity index is 194. The molecule has 0 aromatic carbocycles. The van der Waals surface area contributed by atoms with Crippen molar-refractivity contribution in [3.63, 3.8) is 0 Å². The molecule has 4 nitrogen and oxygen atoms in total. The molecular formula is C10H19O4S-. The van der Waals surface area contributed by atoms with Gasteiger partial charge in [-0.1, -0.05) is 30.3 Å². The van der Waals surface area contributed by atoms with E-state index in [2.05, 4.69) is 0 Å². The number of hydrogen-bond donors (Lipinski definition) is 0. The minimum Gasteiger partial charge on any atom is -0.772 e. The van der Waals surface area contributed by atoms with Crippen molar-refractivity contribution in [1.29, 1.82) is 0 Å².